The molecule has 2 N–H and O–H groups in total. The van der Waals surface area contributed by atoms with E-state index in [1.165, 1.54) is 25.3 Å². The van der Waals surface area contributed by atoms with Gasteiger partial charge in [0.15, 0.2) is 0 Å². The number of carbonyl (C=O) groups is 2. The third-order valence-corrected chi connectivity index (χ3v) is 2.74. The number of aliphatic carboxylic acids is 1. The van der Waals surface area contributed by atoms with E-state index >= 15 is 0 Å². The number of aromatic nitrogens is 1. The molecule has 15 heavy (non-hydrogen) atoms. The molecule has 1 rings (SSSR count). The van der Waals surface area contributed by atoms with E-state index < -0.39 is 17.2 Å². The van der Waals surface area contributed by atoms with Crippen LogP contribution in [0.3, 0.4) is 0 Å². The Balaban J connectivity index is 2.94. The summed E-state index contributed by atoms with van der Waals surface area (Å²) in [6, 6.07) is 2.89. The van der Waals surface area contributed by atoms with Gasteiger partial charge in [0.1, 0.15) is 10.3 Å². The fourth-order valence-electron chi connectivity index (χ4n) is 0.865. The molecule has 1 heterocycles. The van der Waals surface area contributed by atoms with E-state index in [2.05, 4.69) is 4.98 Å². The van der Waals surface area contributed by atoms with Gasteiger partial charge in [0, 0.05) is 6.20 Å². The van der Waals surface area contributed by atoms with Crippen LogP contribution in [0, 0.1) is 0 Å². The van der Waals surface area contributed by atoms with Crippen LogP contribution in [0.4, 0.5) is 0 Å². The lowest BCUT2D eigenvalue weighted by atomic mass is 10.3. The molecule has 0 saturated heterocycles. The highest BCUT2D eigenvalue weighted by molar-refractivity contribution is 8.00. The zero-order chi connectivity index (χ0) is 11.4. The molecule has 0 fully saturated rings. The average molecular weight is 227 g/mol. The first kappa shape index (κ1) is 11.5. The standard InChI is InChI=1S/C9H9NO4S/c1-5(8(11)12)15-7-6(9(13)14)3-2-4-10-7/h2-5H,1H3,(H,11,12)(H,13,14). The van der Waals surface area contributed by atoms with Gasteiger partial charge in [-0.3, -0.25) is 4.79 Å². The van der Waals surface area contributed by atoms with Gasteiger partial charge < -0.3 is 10.2 Å². The average Bonchev–Trinajstić information content (AvgIpc) is 2.18. The molecule has 0 aliphatic heterocycles. The monoisotopic (exact) mass is 227 g/mol. The zero-order valence-electron chi connectivity index (χ0n) is 7.88. The second-order valence-corrected chi connectivity index (χ2v) is 4.09. The highest BCUT2D eigenvalue weighted by Crippen LogP contribution is 2.24. The molecule has 1 aromatic rings. The third kappa shape index (κ3) is 2.95. The summed E-state index contributed by atoms with van der Waals surface area (Å²) in [5, 5.41) is 17.0. The van der Waals surface area contributed by atoms with Gasteiger partial charge in [-0.15, -0.1) is 0 Å². The second kappa shape index (κ2) is 4.79. The maximum Gasteiger partial charge on any atom is 0.338 e. The highest BCUT2D eigenvalue weighted by Gasteiger charge is 2.18. The number of nitrogens with zero attached hydrogens (tertiary/aromatic N) is 1. The van der Waals surface area contributed by atoms with Crippen LogP contribution < -0.4 is 0 Å². The van der Waals surface area contributed by atoms with Crippen LogP contribution in [0.1, 0.15) is 17.3 Å². The Morgan fingerprint density at radius 1 is 1.47 bits per heavy atom. The Morgan fingerprint density at radius 3 is 2.67 bits per heavy atom. The van der Waals surface area contributed by atoms with Gasteiger partial charge in [-0.05, 0) is 19.1 Å². The summed E-state index contributed by atoms with van der Waals surface area (Å²) in [5.74, 6) is -2.11. The summed E-state index contributed by atoms with van der Waals surface area (Å²) in [4.78, 5) is 25.2. The first-order valence-electron chi connectivity index (χ1n) is 4.10. The van der Waals surface area contributed by atoms with Crippen molar-refractivity contribution in [3.8, 4) is 0 Å². The third-order valence-electron chi connectivity index (χ3n) is 1.64. The lowest BCUT2D eigenvalue weighted by molar-refractivity contribution is -0.136. The summed E-state index contributed by atoms with van der Waals surface area (Å²) in [6.07, 6.45) is 1.43. The number of aromatic carboxylic acids is 1. The second-order valence-electron chi connectivity index (χ2n) is 2.76. The predicted molar refractivity (Wildman–Crippen MR) is 54.2 cm³/mol. The minimum absolute atomic E-state index is 0.0237. The van der Waals surface area contributed by atoms with Gasteiger partial charge in [0.25, 0.3) is 0 Å². The summed E-state index contributed by atoms with van der Waals surface area (Å²) in [6.45, 7) is 1.48. The number of carboxylic acid groups (broad SMARTS) is 2. The van der Waals surface area contributed by atoms with Crippen molar-refractivity contribution in [2.75, 3.05) is 0 Å². The maximum absolute atomic E-state index is 10.8. The number of carboxylic acids is 2. The van der Waals surface area contributed by atoms with Crippen molar-refractivity contribution >= 4 is 23.7 Å². The number of pyridine rings is 1. The van der Waals surface area contributed by atoms with Crippen molar-refractivity contribution in [2.24, 2.45) is 0 Å². The lowest BCUT2D eigenvalue weighted by Gasteiger charge is -2.07. The molecule has 6 heteroatoms. The van der Waals surface area contributed by atoms with Crippen molar-refractivity contribution < 1.29 is 19.8 Å². The Kier molecular flexibility index (Phi) is 3.68. The van der Waals surface area contributed by atoms with Crippen molar-refractivity contribution in [1.29, 1.82) is 0 Å². The van der Waals surface area contributed by atoms with Crippen molar-refractivity contribution in [3.05, 3.63) is 23.9 Å². The van der Waals surface area contributed by atoms with Crippen molar-refractivity contribution in [1.82, 2.24) is 4.98 Å². The van der Waals surface area contributed by atoms with Crippen LogP contribution in [0.2, 0.25) is 0 Å². The summed E-state index contributed by atoms with van der Waals surface area (Å²) < 4.78 is 0. The van der Waals surface area contributed by atoms with E-state index in [0.29, 0.717) is 0 Å². The largest absolute Gasteiger partial charge is 0.480 e. The minimum Gasteiger partial charge on any atom is -0.480 e. The molecule has 1 atom stereocenters. The van der Waals surface area contributed by atoms with E-state index in [9.17, 15) is 9.59 Å². The summed E-state index contributed by atoms with van der Waals surface area (Å²) in [7, 11) is 0. The zero-order valence-corrected chi connectivity index (χ0v) is 8.69. The van der Waals surface area contributed by atoms with Gasteiger partial charge in [0.05, 0.1) is 5.56 Å². The van der Waals surface area contributed by atoms with Crippen LogP contribution in [0.5, 0.6) is 0 Å². The normalized spacial score (nSPS) is 12.1. The first-order chi connectivity index (χ1) is 7.02. The van der Waals surface area contributed by atoms with E-state index in [1.807, 2.05) is 0 Å². The molecule has 0 aliphatic rings. The van der Waals surface area contributed by atoms with Crippen LogP contribution in [0.25, 0.3) is 0 Å². The van der Waals surface area contributed by atoms with Crippen LogP contribution >= 0.6 is 11.8 Å². The lowest BCUT2D eigenvalue weighted by Crippen LogP contribution is -2.12. The number of hydrogen-bond donors (Lipinski definition) is 2. The molecule has 1 unspecified atom stereocenters. The molecule has 0 aromatic carbocycles. The summed E-state index contributed by atoms with van der Waals surface area (Å²) >= 11 is 0.915. The van der Waals surface area contributed by atoms with Gasteiger partial charge in [-0.1, -0.05) is 11.8 Å². The fraction of sp³-hybridized carbons (Fsp3) is 0.222. The number of rotatable bonds is 4. The Hall–Kier alpha value is -1.56. The molecule has 5 nitrogen and oxygen atoms in total. The number of thioether (sulfide) groups is 1. The molecule has 0 spiro atoms. The smallest absolute Gasteiger partial charge is 0.338 e. The molecular weight excluding hydrogens is 218 g/mol. The maximum atomic E-state index is 10.8. The molecular formula is C9H9NO4S. The molecule has 1 aromatic heterocycles. The Morgan fingerprint density at radius 2 is 2.13 bits per heavy atom. The summed E-state index contributed by atoms with van der Waals surface area (Å²) in [5.41, 5.74) is 0.0237. The molecule has 0 bridgehead atoms. The van der Waals surface area contributed by atoms with Crippen LogP contribution in [-0.2, 0) is 4.79 Å². The SMILES string of the molecule is CC(Sc1ncccc1C(=O)O)C(=O)O. The van der Waals surface area contributed by atoms with Gasteiger partial charge in [-0.25, -0.2) is 9.78 Å². The van der Waals surface area contributed by atoms with Gasteiger partial charge in [-0.2, -0.15) is 0 Å². The highest BCUT2D eigenvalue weighted by atomic mass is 32.2. The van der Waals surface area contributed by atoms with Crippen LogP contribution in [0.15, 0.2) is 23.4 Å². The van der Waals surface area contributed by atoms with E-state index in [1.54, 1.807) is 0 Å². The quantitative estimate of drug-likeness (QED) is 0.755. The fourth-order valence-corrected chi connectivity index (χ4v) is 1.71. The van der Waals surface area contributed by atoms with Crippen molar-refractivity contribution in [2.45, 2.75) is 17.2 Å². The molecule has 0 amide bonds. The predicted octanol–water partition coefficient (Wildman–Crippen LogP) is 1.34. The molecule has 0 radical (unpaired) electrons. The van der Waals surface area contributed by atoms with E-state index in [0.717, 1.165) is 11.8 Å². The van der Waals surface area contributed by atoms with Gasteiger partial charge in [0.2, 0.25) is 0 Å². The van der Waals surface area contributed by atoms with E-state index in [4.69, 9.17) is 10.2 Å². The first-order valence-corrected chi connectivity index (χ1v) is 4.98. The molecule has 0 saturated carbocycles. The van der Waals surface area contributed by atoms with Gasteiger partial charge >= 0.3 is 11.9 Å². The number of hydrogen-bond acceptors (Lipinski definition) is 4. The minimum atomic E-state index is -1.11. The topological polar surface area (TPSA) is 87.5 Å². The van der Waals surface area contributed by atoms with E-state index in [-0.39, 0.29) is 10.6 Å². The molecule has 0 aliphatic carbocycles. The Bertz CT molecular complexity index is 393. The van der Waals surface area contributed by atoms with Crippen molar-refractivity contribution in [3.63, 3.8) is 0 Å². The Labute approximate surface area is 90.1 Å². The van der Waals surface area contributed by atoms with Crippen LogP contribution in [-0.4, -0.2) is 32.4 Å². The molecule has 80 valence electrons.